The van der Waals surface area contributed by atoms with Gasteiger partial charge in [-0.25, -0.2) is 0 Å². The van der Waals surface area contributed by atoms with Gasteiger partial charge in [0.15, 0.2) is 5.76 Å². The van der Waals surface area contributed by atoms with Crippen molar-refractivity contribution in [3.8, 4) is 0 Å². The van der Waals surface area contributed by atoms with Crippen molar-refractivity contribution in [3.63, 3.8) is 0 Å². The number of amides is 1. The summed E-state index contributed by atoms with van der Waals surface area (Å²) in [5.74, 6) is 3.02. The van der Waals surface area contributed by atoms with Crippen molar-refractivity contribution in [1.29, 1.82) is 0 Å². The predicted octanol–water partition coefficient (Wildman–Crippen LogP) is 3.74. The van der Waals surface area contributed by atoms with E-state index in [0.29, 0.717) is 23.3 Å². The summed E-state index contributed by atoms with van der Waals surface area (Å²) >= 11 is 1.70. The number of carbonyl (C=O) groups is 1. The molecular weight excluding hydrogens is 396 g/mol. The third kappa shape index (κ3) is 4.92. The van der Waals surface area contributed by atoms with E-state index >= 15 is 0 Å². The molecule has 4 rings (SSSR count). The predicted molar refractivity (Wildman–Crippen MR) is 113 cm³/mol. The highest BCUT2D eigenvalue weighted by atomic mass is 35.5. The largest absolute Gasteiger partial charge is 0.455 e. The van der Waals surface area contributed by atoms with Crippen molar-refractivity contribution in [2.24, 2.45) is 11.8 Å². The molecule has 1 amide bonds. The van der Waals surface area contributed by atoms with E-state index in [1.54, 1.807) is 24.9 Å². The van der Waals surface area contributed by atoms with E-state index in [2.05, 4.69) is 22.8 Å². The van der Waals surface area contributed by atoms with Crippen molar-refractivity contribution in [2.75, 3.05) is 20.2 Å². The third-order valence-electron chi connectivity index (χ3n) is 5.65. The summed E-state index contributed by atoms with van der Waals surface area (Å²) in [7, 11) is 1.73. The Labute approximate surface area is 176 Å². The van der Waals surface area contributed by atoms with Gasteiger partial charge >= 0.3 is 0 Å². The quantitative estimate of drug-likeness (QED) is 0.694. The lowest BCUT2D eigenvalue weighted by atomic mass is 9.77. The minimum absolute atomic E-state index is 0. The number of furan rings is 1. The first-order chi connectivity index (χ1) is 13.2. The van der Waals surface area contributed by atoms with E-state index in [1.807, 2.05) is 24.3 Å². The highest BCUT2D eigenvalue weighted by molar-refractivity contribution is 7.98. The number of carbonyl (C=O) groups excluding carboxylic acids is 1. The lowest BCUT2D eigenvalue weighted by molar-refractivity contribution is 0.0121. The highest BCUT2D eigenvalue weighted by Crippen LogP contribution is 2.34. The Kier molecular flexibility index (Phi) is 7.46. The van der Waals surface area contributed by atoms with E-state index in [-0.39, 0.29) is 30.5 Å². The first-order valence-corrected chi connectivity index (χ1v) is 10.5. The number of thioether (sulfide) groups is 1. The maximum atomic E-state index is 12.7. The van der Waals surface area contributed by atoms with Crippen LogP contribution in [0.15, 0.2) is 51.8 Å². The molecule has 2 N–H and O–H groups in total. The van der Waals surface area contributed by atoms with Gasteiger partial charge in [-0.3, -0.25) is 4.79 Å². The molecule has 1 aliphatic carbocycles. The molecule has 152 valence electrons. The van der Waals surface area contributed by atoms with E-state index < -0.39 is 0 Å². The third-order valence-corrected chi connectivity index (χ3v) is 6.68. The van der Waals surface area contributed by atoms with Crippen LogP contribution in [-0.2, 0) is 10.5 Å². The zero-order valence-electron chi connectivity index (χ0n) is 15.9. The normalized spacial score (nSPS) is 26.3. The number of nitrogens with one attached hydrogen (secondary N) is 2. The lowest BCUT2D eigenvalue weighted by Gasteiger charge is -2.37. The van der Waals surface area contributed by atoms with Crippen molar-refractivity contribution < 1.29 is 13.9 Å². The molecule has 2 aromatic rings. The molecule has 0 radical (unpaired) electrons. The van der Waals surface area contributed by atoms with Crippen LogP contribution in [0.25, 0.3) is 0 Å². The second-order valence-corrected chi connectivity index (χ2v) is 8.42. The van der Waals surface area contributed by atoms with Crippen molar-refractivity contribution in [2.45, 2.75) is 35.6 Å². The van der Waals surface area contributed by atoms with Crippen LogP contribution >= 0.6 is 24.2 Å². The SMILES string of the molecule is CO[C@H]1C[C@@H]2CNC[C@@H]2C[C@@H]1NC(=O)c1ccc(CSc2ccccc2)o1.Cl. The van der Waals surface area contributed by atoms with Gasteiger partial charge in [-0.2, -0.15) is 0 Å². The van der Waals surface area contributed by atoms with E-state index in [0.717, 1.165) is 31.7 Å². The average molecular weight is 423 g/mol. The summed E-state index contributed by atoms with van der Waals surface area (Å²) in [4.78, 5) is 13.9. The number of rotatable bonds is 6. The summed E-state index contributed by atoms with van der Waals surface area (Å²) in [6, 6.07) is 13.9. The van der Waals surface area contributed by atoms with Crippen LogP contribution in [0.3, 0.4) is 0 Å². The van der Waals surface area contributed by atoms with Crippen molar-refractivity contribution in [3.05, 3.63) is 54.0 Å². The molecule has 7 heteroatoms. The molecule has 0 bridgehead atoms. The van der Waals surface area contributed by atoms with Crippen LogP contribution in [0, 0.1) is 11.8 Å². The topological polar surface area (TPSA) is 63.5 Å². The smallest absolute Gasteiger partial charge is 0.287 e. The van der Waals surface area contributed by atoms with E-state index in [4.69, 9.17) is 9.15 Å². The zero-order valence-corrected chi connectivity index (χ0v) is 17.6. The van der Waals surface area contributed by atoms with Gasteiger partial charge in [0.2, 0.25) is 0 Å². The summed E-state index contributed by atoms with van der Waals surface area (Å²) in [6.07, 6.45) is 2.02. The van der Waals surface area contributed by atoms with Crippen molar-refractivity contribution in [1.82, 2.24) is 10.6 Å². The molecule has 4 atom stereocenters. The standard InChI is InChI=1S/C21H26N2O3S.ClH/c1-25-20-10-15-12-22-11-14(15)9-18(20)23-21(24)19-8-7-16(26-19)13-27-17-5-3-2-4-6-17;/h2-8,14-15,18,20,22H,9-13H2,1H3,(H,23,24);1H/t14-,15+,18-,20-;/m0./s1. The van der Waals surface area contributed by atoms with Gasteiger partial charge in [0.05, 0.1) is 17.9 Å². The van der Waals surface area contributed by atoms with Crippen LogP contribution in [0.4, 0.5) is 0 Å². The van der Waals surface area contributed by atoms with Crippen LogP contribution in [0.2, 0.25) is 0 Å². The molecule has 5 nitrogen and oxygen atoms in total. The van der Waals surface area contributed by atoms with Crippen LogP contribution < -0.4 is 10.6 Å². The van der Waals surface area contributed by atoms with Gasteiger partial charge in [0.1, 0.15) is 5.76 Å². The van der Waals surface area contributed by atoms with Gasteiger partial charge in [-0.15, -0.1) is 24.2 Å². The van der Waals surface area contributed by atoms with Crippen LogP contribution in [0.5, 0.6) is 0 Å². The fourth-order valence-corrected chi connectivity index (χ4v) is 4.99. The minimum atomic E-state index is -0.151. The number of halogens is 1. The molecule has 1 saturated carbocycles. The molecule has 0 spiro atoms. The Morgan fingerprint density at radius 2 is 1.93 bits per heavy atom. The summed E-state index contributed by atoms with van der Waals surface area (Å²) in [5.41, 5.74) is 0. The van der Waals surface area contributed by atoms with Gasteiger partial charge in [-0.1, -0.05) is 18.2 Å². The van der Waals surface area contributed by atoms with Crippen molar-refractivity contribution >= 4 is 30.1 Å². The first-order valence-electron chi connectivity index (χ1n) is 9.54. The molecule has 1 aliphatic heterocycles. The van der Waals surface area contributed by atoms with Gasteiger partial charge < -0.3 is 19.8 Å². The Morgan fingerprint density at radius 3 is 2.68 bits per heavy atom. The van der Waals surface area contributed by atoms with Gasteiger partial charge in [0, 0.05) is 12.0 Å². The first kappa shape index (κ1) is 21.2. The summed E-state index contributed by atoms with van der Waals surface area (Å²) in [6.45, 7) is 2.10. The number of hydrogen-bond donors (Lipinski definition) is 2. The fraction of sp³-hybridized carbons (Fsp3) is 0.476. The lowest BCUT2D eigenvalue weighted by Crippen LogP contribution is -2.50. The molecule has 2 aliphatic rings. The number of methoxy groups -OCH3 is 1. The number of benzene rings is 1. The molecule has 28 heavy (non-hydrogen) atoms. The van der Waals surface area contributed by atoms with Gasteiger partial charge in [0.25, 0.3) is 5.91 Å². The molecule has 1 saturated heterocycles. The maximum Gasteiger partial charge on any atom is 0.287 e. The number of hydrogen-bond acceptors (Lipinski definition) is 5. The second-order valence-electron chi connectivity index (χ2n) is 7.37. The van der Waals surface area contributed by atoms with E-state index in [9.17, 15) is 4.79 Å². The highest BCUT2D eigenvalue weighted by Gasteiger charge is 2.40. The maximum absolute atomic E-state index is 12.7. The monoisotopic (exact) mass is 422 g/mol. The summed E-state index contributed by atoms with van der Waals surface area (Å²) < 4.78 is 11.4. The average Bonchev–Trinajstić information content (AvgIpc) is 3.35. The molecule has 2 fully saturated rings. The Morgan fingerprint density at radius 1 is 1.18 bits per heavy atom. The minimum Gasteiger partial charge on any atom is -0.455 e. The second kappa shape index (κ2) is 9.83. The Hall–Kier alpha value is -1.47. The van der Waals surface area contributed by atoms with Crippen LogP contribution in [0.1, 0.15) is 29.2 Å². The molecular formula is C21H27ClN2O3S. The molecule has 1 aromatic heterocycles. The Balaban J connectivity index is 0.00000225. The fourth-order valence-electron chi connectivity index (χ4n) is 4.18. The molecule has 2 heterocycles. The Bertz CT molecular complexity index is 770. The van der Waals surface area contributed by atoms with Crippen LogP contribution in [-0.4, -0.2) is 38.3 Å². The summed E-state index contributed by atoms with van der Waals surface area (Å²) in [5, 5.41) is 6.60. The number of fused-ring (bicyclic) bond motifs is 1. The zero-order chi connectivity index (χ0) is 18.6. The molecule has 1 aromatic carbocycles. The van der Waals surface area contributed by atoms with E-state index in [1.165, 1.54) is 4.90 Å². The van der Waals surface area contributed by atoms with Gasteiger partial charge in [-0.05, 0) is 62.0 Å². The number of ether oxygens (including phenoxy) is 1. The molecule has 0 unspecified atom stereocenters.